The molecule has 0 saturated heterocycles. The van der Waals surface area contributed by atoms with Crippen molar-refractivity contribution in [1.82, 2.24) is 15.6 Å². The van der Waals surface area contributed by atoms with Gasteiger partial charge in [0.15, 0.2) is 0 Å². The Labute approximate surface area is 135 Å². The Balaban J connectivity index is 1.51. The molecule has 0 radical (unpaired) electrons. The van der Waals surface area contributed by atoms with Crippen molar-refractivity contribution in [2.45, 2.75) is 57.5 Å². The number of amides is 2. The van der Waals surface area contributed by atoms with E-state index in [4.69, 9.17) is 5.11 Å². The topological polar surface area (TPSA) is 74.2 Å². The molecule has 3 N–H and O–H groups in total. The maximum absolute atomic E-state index is 12.3. The minimum Gasteiger partial charge on any atom is -0.396 e. The second-order valence-electron chi connectivity index (χ2n) is 6.66. The normalized spacial score (nSPS) is 26.5. The van der Waals surface area contributed by atoms with Gasteiger partial charge in [0.1, 0.15) is 5.01 Å². The highest BCUT2D eigenvalue weighted by Gasteiger charge is 2.35. The molecule has 5 nitrogen and oxygen atoms in total. The number of aliphatic hydroxyl groups is 1. The van der Waals surface area contributed by atoms with E-state index >= 15 is 0 Å². The molecule has 1 aromatic heterocycles. The number of carbonyl (C=O) groups excluding carboxylic acids is 1. The quantitative estimate of drug-likeness (QED) is 0.780. The molecule has 1 aromatic rings. The summed E-state index contributed by atoms with van der Waals surface area (Å²) in [5.41, 5.74) is 1.02. The molecule has 2 saturated carbocycles. The summed E-state index contributed by atoms with van der Waals surface area (Å²) in [6, 6.07) is 0.227. The van der Waals surface area contributed by atoms with Gasteiger partial charge in [-0.2, -0.15) is 0 Å². The molecule has 0 aliphatic heterocycles. The van der Waals surface area contributed by atoms with E-state index in [1.807, 2.05) is 12.3 Å². The number of nitrogens with zero attached hydrogens (tertiary/aromatic N) is 1. The molecular weight excluding hydrogens is 298 g/mol. The first-order valence-electron chi connectivity index (χ1n) is 8.25. The Morgan fingerprint density at radius 3 is 2.64 bits per heavy atom. The van der Waals surface area contributed by atoms with E-state index in [2.05, 4.69) is 15.6 Å². The lowest BCUT2D eigenvalue weighted by molar-refractivity contribution is 0.174. The van der Waals surface area contributed by atoms with Gasteiger partial charge in [-0.15, -0.1) is 11.3 Å². The van der Waals surface area contributed by atoms with Crippen molar-refractivity contribution in [3.8, 4) is 0 Å². The first-order valence-corrected chi connectivity index (χ1v) is 9.13. The molecule has 0 aromatic carbocycles. The van der Waals surface area contributed by atoms with Crippen LogP contribution in [-0.4, -0.2) is 28.8 Å². The van der Waals surface area contributed by atoms with Crippen LogP contribution in [0.1, 0.15) is 55.3 Å². The zero-order chi connectivity index (χ0) is 15.5. The van der Waals surface area contributed by atoms with E-state index < -0.39 is 0 Å². The summed E-state index contributed by atoms with van der Waals surface area (Å²) in [6.45, 7) is 2.26. The Bertz CT molecular complexity index is 507. The van der Waals surface area contributed by atoms with Crippen molar-refractivity contribution in [3.63, 3.8) is 0 Å². The zero-order valence-electron chi connectivity index (χ0n) is 13.0. The number of aryl methyl sites for hydroxylation is 1. The third kappa shape index (κ3) is 3.98. The van der Waals surface area contributed by atoms with E-state index in [0.717, 1.165) is 36.4 Å². The summed E-state index contributed by atoms with van der Waals surface area (Å²) in [5.74, 6) is 0.958. The maximum Gasteiger partial charge on any atom is 0.315 e. The SMILES string of the molecule is Cc1csc(C(NC(=O)NC2CCC(CO)CC2)C2CC2)n1. The molecule has 2 aliphatic rings. The molecule has 2 aliphatic carbocycles. The van der Waals surface area contributed by atoms with Crippen LogP contribution < -0.4 is 10.6 Å². The van der Waals surface area contributed by atoms with E-state index in [1.54, 1.807) is 11.3 Å². The van der Waals surface area contributed by atoms with Crippen LogP contribution in [0.25, 0.3) is 0 Å². The largest absolute Gasteiger partial charge is 0.396 e. The van der Waals surface area contributed by atoms with Gasteiger partial charge < -0.3 is 15.7 Å². The molecule has 1 unspecified atom stereocenters. The van der Waals surface area contributed by atoms with Gasteiger partial charge in [0.05, 0.1) is 6.04 Å². The first kappa shape index (κ1) is 15.7. The second kappa shape index (κ2) is 6.96. The number of nitrogens with one attached hydrogen (secondary N) is 2. The van der Waals surface area contributed by atoms with Crippen LogP contribution in [0, 0.1) is 18.8 Å². The highest BCUT2D eigenvalue weighted by atomic mass is 32.1. The Hall–Kier alpha value is -1.14. The Kier molecular flexibility index (Phi) is 4.98. The number of hydrogen-bond donors (Lipinski definition) is 3. The predicted octanol–water partition coefficient (Wildman–Crippen LogP) is 2.75. The van der Waals surface area contributed by atoms with Crippen molar-refractivity contribution in [3.05, 3.63) is 16.1 Å². The van der Waals surface area contributed by atoms with Gasteiger partial charge >= 0.3 is 6.03 Å². The first-order chi connectivity index (χ1) is 10.7. The van der Waals surface area contributed by atoms with Gasteiger partial charge in [-0.25, -0.2) is 9.78 Å². The molecule has 1 atom stereocenters. The maximum atomic E-state index is 12.3. The van der Waals surface area contributed by atoms with Crippen molar-refractivity contribution in [1.29, 1.82) is 0 Å². The average Bonchev–Trinajstić information content (AvgIpc) is 3.27. The molecule has 1 heterocycles. The van der Waals surface area contributed by atoms with Gasteiger partial charge in [0.2, 0.25) is 0 Å². The van der Waals surface area contributed by atoms with Crippen molar-refractivity contribution < 1.29 is 9.90 Å². The molecule has 22 heavy (non-hydrogen) atoms. The van der Waals surface area contributed by atoms with Gasteiger partial charge in [-0.3, -0.25) is 0 Å². The van der Waals surface area contributed by atoms with E-state index in [9.17, 15) is 4.79 Å². The lowest BCUT2D eigenvalue weighted by atomic mass is 9.87. The fraction of sp³-hybridized carbons (Fsp3) is 0.750. The summed E-state index contributed by atoms with van der Waals surface area (Å²) in [6.07, 6.45) is 6.26. The highest BCUT2D eigenvalue weighted by Crippen LogP contribution is 2.41. The molecule has 2 amide bonds. The van der Waals surface area contributed by atoms with Gasteiger partial charge in [0.25, 0.3) is 0 Å². The number of aliphatic hydroxyl groups excluding tert-OH is 1. The molecule has 0 bridgehead atoms. The predicted molar refractivity (Wildman–Crippen MR) is 86.8 cm³/mol. The van der Waals surface area contributed by atoms with E-state index in [0.29, 0.717) is 11.8 Å². The summed E-state index contributed by atoms with van der Waals surface area (Å²) < 4.78 is 0. The summed E-state index contributed by atoms with van der Waals surface area (Å²) in [7, 11) is 0. The van der Waals surface area contributed by atoms with Crippen molar-refractivity contribution in [2.75, 3.05) is 6.61 Å². The van der Waals surface area contributed by atoms with Crippen LogP contribution in [0.3, 0.4) is 0 Å². The number of thiazole rings is 1. The monoisotopic (exact) mass is 323 g/mol. The molecule has 6 heteroatoms. The third-order valence-corrected chi connectivity index (χ3v) is 5.77. The Morgan fingerprint density at radius 1 is 1.36 bits per heavy atom. The summed E-state index contributed by atoms with van der Waals surface area (Å²) in [4.78, 5) is 16.8. The van der Waals surface area contributed by atoms with Crippen LogP contribution in [0.15, 0.2) is 5.38 Å². The standard InChI is InChI=1S/C16H25N3O2S/c1-10-9-22-15(17-10)14(12-4-5-12)19-16(21)18-13-6-2-11(8-20)3-7-13/h9,11-14,20H,2-8H2,1H3,(H2,18,19,21). The molecular formula is C16H25N3O2S. The minimum absolute atomic E-state index is 0.0625. The van der Waals surface area contributed by atoms with Gasteiger partial charge in [-0.1, -0.05) is 0 Å². The number of aromatic nitrogens is 1. The number of rotatable bonds is 5. The van der Waals surface area contributed by atoms with Crippen molar-refractivity contribution in [2.24, 2.45) is 11.8 Å². The number of hydrogen-bond acceptors (Lipinski definition) is 4. The molecule has 2 fully saturated rings. The van der Waals surface area contributed by atoms with Gasteiger partial charge in [0, 0.05) is 23.7 Å². The van der Waals surface area contributed by atoms with Crippen LogP contribution in [0.2, 0.25) is 0 Å². The molecule has 122 valence electrons. The fourth-order valence-electron chi connectivity index (χ4n) is 3.18. The second-order valence-corrected chi connectivity index (χ2v) is 7.55. The van der Waals surface area contributed by atoms with Crippen LogP contribution in [0.4, 0.5) is 4.79 Å². The summed E-state index contributed by atoms with van der Waals surface area (Å²) in [5, 5.41) is 18.5. The van der Waals surface area contributed by atoms with E-state index in [-0.39, 0.29) is 24.7 Å². The van der Waals surface area contributed by atoms with E-state index in [1.165, 1.54) is 12.8 Å². The molecule has 3 rings (SSSR count). The molecule has 0 spiro atoms. The number of urea groups is 1. The van der Waals surface area contributed by atoms with Crippen LogP contribution in [-0.2, 0) is 0 Å². The lowest BCUT2D eigenvalue weighted by Crippen LogP contribution is -2.45. The third-order valence-electron chi connectivity index (χ3n) is 4.72. The van der Waals surface area contributed by atoms with Gasteiger partial charge in [-0.05, 0) is 57.3 Å². The smallest absolute Gasteiger partial charge is 0.315 e. The highest BCUT2D eigenvalue weighted by molar-refractivity contribution is 7.09. The zero-order valence-corrected chi connectivity index (χ0v) is 13.9. The minimum atomic E-state index is -0.0720. The van der Waals surface area contributed by atoms with Crippen LogP contribution >= 0.6 is 11.3 Å². The fourth-order valence-corrected chi connectivity index (χ4v) is 4.12. The lowest BCUT2D eigenvalue weighted by Gasteiger charge is -2.28. The number of carbonyl (C=O) groups is 1. The average molecular weight is 323 g/mol. The summed E-state index contributed by atoms with van der Waals surface area (Å²) >= 11 is 1.64. The van der Waals surface area contributed by atoms with Crippen LogP contribution in [0.5, 0.6) is 0 Å². The Morgan fingerprint density at radius 2 is 2.09 bits per heavy atom. The van der Waals surface area contributed by atoms with Crippen molar-refractivity contribution >= 4 is 17.4 Å².